The molecule has 2 heterocycles. The summed E-state index contributed by atoms with van der Waals surface area (Å²) < 4.78 is 4.93. The van der Waals surface area contributed by atoms with Crippen molar-refractivity contribution in [2.75, 3.05) is 29.9 Å². The largest absolute Gasteiger partial charge is 0.451 e. The van der Waals surface area contributed by atoms with Crippen LogP contribution in [0.15, 0.2) is 42.6 Å². The zero-order valence-corrected chi connectivity index (χ0v) is 12.7. The fourth-order valence-corrected chi connectivity index (χ4v) is 2.59. The number of ether oxygens (including phenoxy) is 1. The second-order valence-corrected chi connectivity index (χ2v) is 5.45. The number of esters is 1. The Morgan fingerprint density at radius 1 is 1.13 bits per heavy atom. The number of carbonyl (C=O) groups is 2. The molecule has 1 aliphatic heterocycles. The maximum absolute atomic E-state index is 11.8. The van der Waals surface area contributed by atoms with E-state index in [0.29, 0.717) is 11.4 Å². The SMILES string of the molecule is O=C(COC(=O)c1ccc[nH]1)Nc1ccc(N2CCCC2)cc1. The van der Waals surface area contributed by atoms with E-state index in [-0.39, 0.29) is 12.5 Å². The minimum Gasteiger partial charge on any atom is -0.451 e. The molecule has 6 heteroatoms. The fraction of sp³-hybridized carbons (Fsp3) is 0.294. The van der Waals surface area contributed by atoms with Crippen LogP contribution in [0.3, 0.4) is 0 Å². The van der Waals surface area contributed by atoms with E-state index >= 15 is 0 Å². The monoisotopic (exact) mass is 313 g/mol. The van der Waals surface area contributed by atoms with Crippen molar-refractivity contribution in [1.29, 1.82) is 0 Å². The van der Waals surface area contributed by atoms with Crippen LogP contribution < -0.4 is 10.2 Å². The lowest BCUT2D eigenvalue weighted by molar-refractivity contribution is -0.119. The van der Waals surface area contributed by atoms with Gasteiger partial charge >= 0.3 is 5.97 Å². The molecule has 3 rings (SSSR count). The number of aromatic amines is 1. The highest BCUT2D eigenvalue weighted by Crippen LogP contribution is 2.21. The number of benzene rings is 1. The van der Waals surface area contributed by atoms with E-state index in [2.05, 4.69) is 15.2 Å². The number of carbonyl (C=O) groups excluding carboxylic acids is 2. The standard InChI is InChI=1S/C17H19N3O3/c21-16(12-23-17(22)15-4-3-9-18-15)19-13-5-7-14(8-6-13)20-10-1-2-11-20/h3-9,18H,1-2,10-12H2,(H,19,21). The van der Waals surface area contributed by atoms with Gasteiger partial charge in [0.1, 0.15) is 5.69 Å². The summed E-state index contributed by atoms with van der Waals surface area (Å²) in [7, 11) is 0. The van der Waals surface area contributed by atoms with E-state index < -0.39 is 5.97 Å². The van der Waals surface area contributed by atoms with Crippen LogP contribution in [0.25, 0.3) is 0 Å². The molecule has 120 valence electrons. The van der Waals surface area contributed by atoms with Gasteiger partial charge in [-0.25, -0.2) is 4.79 Å². The smallest absolute Gasteiger partial charge is 0.355 e. The number of hydrogen-bond acceptors (Lipinski definition) is 4. The molecule has 1 amide bonds. The summed E-state index contributed by atoms with van der Waals surface area (Å²) in [4.78, 5) is 28.5. The molecular weight excluding hydrogens is 294 g/mol. The second-order valence-electron chi connectivity index (χ2n) is 5.45. The third-order valence-electron chi connectivity index (χ3n) is 3.77. The predicted molar refractivity (Wildman–Crippen MR) is 87.6 cm³/mol. The van der Waals surface area contributed by atoms with Gasteiger partial charge in [0.15, 0.2) is 6.61 Å². The first kappa shape index (κ1) is 15.1. The van der Waals surface area contributed by atoms with Crippen molar-refractivity contribution in [1.82, 2.24) is 4.98 Å². The van der Waals surface area contributed by atoms with Gasteiger partial charge in [-0.3, -0.25) is 4.79 Å². The average Bonchev–Trinajstić information content (AvgIpc) is 3.26. The van der Waals surface area contributed by atoms with Crippen LogP contribution in [0.1, 0.15) is 23.3 Å². The molecule has 1 aliphatic rings. The predicted octanol–water partition coefficient (Wildman–Crippen LogP) is 2.41. The van der Waals surface area contributed by atoms with E-state index in [1.165, 1.54) is 18.5 Å². The molecule has 6 nitrogen and oxygen atoms in total. The fourth-order valence-electron chi connectivity index (χ4n) is 2.59. The molecular formula is C17H19N3O3. The lowest BCUT2D eigenvalue weighted by Gasteiger charge is -2.17. The summed E-state index contributed by atoms with van der Waals surface area (Å²) in [6, 6.07) is 11.0. The zero-order valence-electron chi connectivity index (χ0n) is 12.7. The molecule has 1 aromatic carbocycles. The number of hydrogen-bond donors (Lipinski definition) is 2. The molecule has 1 saturated heterocycles. The minimum atomic E-state index is -0.547. The van der Waals surface area contributed by atoms with Gasteiger partial charge < -0.3 is 19.9 Å². The first-order valence-electron chi connectivity index (χ1n) is 7.68. The minimum absolute atomic E-state index is 0.314. The molecule has 0 aliphatic carbocycles. The Morgan fingerprint density at radius 3 is 2.52 bits per heavy atom. The summed E-state index contributed by atoms with van der Waals surface area (Å²) in [5.41, 5.74) is 2.18. The molecule has 1 fully saturated rings. The number of rotatable bonds is 5. The summed E-state index contributed by atoms with van der Waals surface area (Å²) in [6.07, 6.45) is 4.08. The Labute approximate surface area is 134 Å². The molecule has 0 bridgehead atoms. The van der Waals surface area contributed by atoms with Crippen molar-refractivity contribution in [2.45, 2.75) is 12.8 Å². The van der Waals surface area contributed by atoms with Crippen molar-refractivity contribution in [3.8, 4) is 0 Å². The van der Waals surface area contributed by atoms with Gasteiger partial charge in [-0.15, -0.1) is 0 Å². The number of anilines is 2. The van der Waals surface area contributed by atoms with Crippen molar-refractivity contribution in [3.05, 3.63) is 48.3 Å². The molecule has 0 unspecified atom stereocenters. The van der Waals surface area contributed by atoms with E-state index in [1.54, 1.807) is 18.3 Å². The van der Waals surface area contributed by atoms with Crippen LogP contribution >= 0.6 is 0 Å². The van der Waals surface area contributed by atoms with Crippen molar-refractivity contribution < 1.29 is 14.3 Å². The van der Waals surface area contributed by atoms with Gasteiger partial charge in [-0.1, -0.05) is 0 Å². The molecule has 0 atom stereocenters. The first-order chi connectivity index (χ1) is 11.2. The second kappa shape index (κ2) is 7.00. The topological polar surface area (TPSA) is 74.4 Å². The van der Waals surface area contributed by atoms with Crippen molar-refractivity contribution >= 4 is 23.3 Å². The third kappa shape index (κ3) is 3.91. The van der Waals surface area contributed by atoms with Crippen LogP contribution in [0.5, 0.6) is 0 Å². The molecule has 0 saturated carbocycles. The van der Waals surface area contributed by atoms with Crippen LogP contribution in [-0.4, -0.2) is 36.6 Å². The maximum Gasteiger partial charge on any atom is 0.355 e. The van der Waals surface area contributed by atoms with Gasteiger partial charge in [0, 0.05) is 30.7 Å². The van der Waals surface area contributed by atoms with E-state index in [4.69, 9.17) is 4.74 Å². The zero-order chi connectivity index (χ0) is 16.1. The van der Waals surface area contributed by atoms with Gasteiger partial charge in [0.2, 0.25) is 0 Å². The molecule has 0 spiro atoms. The van der Waals surface area contributed by atoms with Gasteiger partial charge in [0.25, 0.3) is 5.91 Å². The Kier molecular flexibility index (Phi) is 4.61. The molecule has 0 radical (unpaired) electrons. The number of aromatic nitrogens is 1. The third-order valence-corrected chi connectivity index (χ3v) is 3.77. The van der Waals surface area contributed by atoms with Gasteiger partial charge in [-0.05, 0) is 49.2 Å². The Bertz CT molecular complexity index is 659. The first-order valence-corrected chi connectivity index (χ1v) is 7.68. The number of H-pyrrole nitrogens is 1. The van der Waals surface area contributed by atoms with Crippen LogP contribution in [-0.2, 0) is 9.53 Å². The van der Waals surface area contributed by atoms with Crippen LogP contribution in [0.4, 0.5) is 11.4 Å². The van der Waals surface area contributed by atoms with Crippen LogP contribution in [0.2, 0.25) is 0 Å². The Morgan fingerprint density at radius 2 is 1.87 bits per heavy atom. The average molecular weight is 313 g/mol. The highest BCUT2D eigenvalue weighted by atomic mass is 16.5. The molecule has 23 heavy (non-hydrogen) atoms. The lowest BCUT2D eigenvalue weighted by Crippen LogP contribution is -2.21. The normalized spacial score (nSPS) is 13.8. The van der Waals surface area contributed by atoms with E-state index in [1.807, 2.05) is 24.3 Å². The van der Waals surface area contributed by atoms with Gasteiger partial charge in [0.05, 0.1) is 0 Å². The number of nitrogens with zero attached hydrogens (tertiary/aromatic N) is 1. The summed E-state index contributed by atoms with van der Waals surface area (Å²) >= 11 is 0. The van der Waals surface area contributed by atoms with Gasteiger partial charge in [-0.2, -0.15) is 0 Å². The number of amides is 1. The molecule has 2 N–H and O–H groups in total. The highest BCUT2D eigenvalue weighted by molar-refractivity contribution is 5.94. The lowest BCUT2D eigenvalue weighted by atomic mass is 10.2. The highest BCUT2D eigenvalue weighted by Gasteiger charge is 2.13. The molecule has 2 aromatic rings. The summed E-state index contributed by atoms with van der Waals surface area (Å²) in [5.74, 6) is -0.909. The van der Waals surface area contributed by atoms with Crippen LogP contribution in [0, 0.1) is 0 Å². The van der Waals surface area contributed by atoms with E-state index in [9.17, 15) is 9.59 Å². The van der Waals surface area contributed by atoms with Crippen molar-refractivity contribution in [3.63, 3.8) is 0 Å². The van der Waals surface area contributed by atoms with Crippen molar-refractivity contribution in [2.24, 2.45) is 0 Å². The Balaban J connectivity index is 1.48. The number of nitrogens with one attached hydrogen (secondary N) is 2. The summed E-state index contributed by atoms with van der Waals surface area (Å²) in [5, 5.41) is 2.72. The molecule has 1 aromatic heterocycles. The Hall–Kier alpha value is -2.76. The quantitative estimate of drug-likeness (QED) is 0.831. The van der Waals surface area contributed by atoms with E-state index in [0.717, 1.165) is 13.1 Å². The maximum atomic E-state index is 11.8. The summed E-state index contributed by atoms with van der Waals surface area (Å²) in [6.45, 7) is 1.85.